The number of nitrogens with one attached hydrogen (secondary N) is 2. The monoisotopic (exact) mass is 420 g/mol. The number of aryl methyl sites for hydroxylation is 1. The Labute approximate surface area is 176 Å². The van der Waals surface area contributed by atoms with Gasteiger partial charge in [-0.25, -0.2) is 4.98 Å². The van der Waals surface area contributed by atoms with Crippen LogP contribution in [0.2, 0.25) is 0 Å². The SMILES string of the molecule is CCCc1cc(=O)[nH]c(-n2nc(-c3ccco3)cc2NC(=O)c2cc(C3CC3)on2)n1. The Balaban J connectivity index is 1.52. The van der Waals surface area contributed by atoms with Crippen LogP contribution in [0.25, 0.3) is 17.4 Å². The van der Waals surface area contributed by atoms with E-state index in [9.17, 15) is 9.59 Å². The molecule has 5 rings (SSSR count). The van der Waals surface area contributed by atoms with Gasteiger partial charge >= 0.3 is 0 Å². The van der Waals surface area contributed by atoms with Crippen molar-refractivity contribution in [1.29, 1.82) is 0 Å². The summed E-state index contributed by atoms with van der Waals surface area (Å²) in [6, 6.07) is 8.25. The summed E-state index contributed by atoms with van der Waals surface area (Å²) in [6.07, 6.45) is 5.11. The number of aromatic amines is 1. The summed E-state index contributed by atoms with van der Waals surface area (Å²) in [4.78, 5) is 32.1. The zero-order chi connectivity index (χ0) is 21.4. The van der Waals surface area contributed by atoms with Crippen LogP contribution in [-0.2, 0) is 6.42 Å². The number of anilines is 1. The maximum absolute atomic E-state index is 12.8. The first-order valence-electron chi connectivity index (χ1n) is 10.1. The lowest BCUT2D eigenvalue weighted by molar-refractivity contribution is 0.101. The predicted molar refractivity (Wildman–Crippen MR) is 110 cm³/mol. The molecule has 1 fully saturated rings. The van der Waals surface area contributed by atoms with Crippen LogP contribution in [-0.4, -0.2) is 30.8 Å². The maximum Gasteiger partial charge on any atom is 0.279 e. The third kappa shape index (κ3) is 3.91. The van der Waals surface area contributed by atoms with E-state index in [1.165, 1.54) is 17.0 Å². The summed E-state index contributed by atoms with van der Waals surface area (Å²) < 4.78 is 12.1. The van der Waals surface area contributed by atoms with E-state index in [0.717, 1.165) is 19.3 Å². The zero-order valence-electron chi connectivity index (χ0n) is 16.8. The fraction of sp³-hybridized carbons (Fsp3) is 0.286. The van der Waals surface area contributed by atoms with Crippen LogP contribution < -0.4 is 10.9 Å². The number of furan rings is 1. The number of amides is 1. The second kappa shape index (κ2) is 7.71. The van der Waals surface area contributed by atoms with Gasteiger partial charge in [-0.2, -0.15) is 9.78 Å². The minimum absolute atomic E-state index is 0.176. The van der Waals surface area contributed by atoms with Crippen molar-refractivity contribution in [1.82, 2.24) is 24.9 Å². The summed E-state index contributed by atoms with van der Waals surface area (Å²) in [5, 5.41) is 11.2. The number of carbonyl (C=O) groups excluding carboxylic acids is 1. The molecule has 0 aromatic carbocycles. The smallest absolute Gasteiger partial charge is 0.279 e. The quantitative estimate of drug-likeness (QED) is 0.469. The van der Waals surface area contributed by atoms with Gasteiger partial charge in [0.1, 0.15) is 17.3 Å². The summed E-state index contributed by atoms with van der Waals surface area (Å²) in [5.74, 6) is 1.63. The molecule has 0 spiro atoms. The van der Waals surface area contributed by atoms with Gasteiger partial charge in [0.15, 0.2) is 11.5 Å². The van der Waals surface area contributed by atoms with E-state index < -0.39 is 5.91 Å². The average molecular weight is 420 g/mol. The van der Waals surface area contributed by atoms with E-state index in [4.69, 9.17) is 8.94 Å². The molecule has 1 aliphatic rings. The Morgan fingerprint density at radius 2 is 2.19 bits per heavy atom. The van der Waals surface area contributed by atoms with Gasteiger partial charge in [0, 0.05) is 29.8 Å². The molecular formula is C21H20N6O4. The molecule has 4 aromatic rings. The number of hydrogen-bond acceptors (Lipinski definition) is 7. The van der Waals surface area contributed by atoms with Gasteiger partial charge in [-0.05, 0) is 31.4 Å². The standard InChI is InChI=1S/C21H20N6O4/c1-2-4-13-9-19(28)24-21(22-13)27-18(11-14(25-27)16-5-3-8-30-16)23-20(29)15-10-17(31-26-15)12-6-7-12/h3,5,8-12H,2,4,6-7H2,1H3,(H,23,29)(H,22,24,28). The van der Waals surface area contributed by atoms with Crippen LogP contribution in [0, 0.1) is 0 Å². The second-order valence-corrected chi connectivity index (χ2v) is 7.46. The van der Waals surface area contributed by atoms with E-state index in [-0.39, 0.29) is 17.2 Å². The van der Waals surface area contributed by atoms with Crippen molar-refractivity contribution in [2.45, 2.75) is 38.5 Å². The fourth-order valence-electron chi connectivity index (χ4n) is 3.29. The molecule has 10 nitrogen and oxygen atoms in total. The molecule has 2 N–H and O–H groups in total. The highest BCUT2D eigenvalue weighted by molar-refractivity contribution is 6.02. The van der Waals surface area contributed by atoms with E-state index in [1.54, 1.807) is 24.3 Å². The third-order valence-corrected chi connectivity index (χ3v) is 4.95. The van der Waals surface area contributed by atoms with Crippen molar-refractivity contribution < 1.29 is 13.7 Å². The highest BCUT2D eigenvalue weighted by Crippen LogP contribution is 2.40. The van der Waals surface area contributed by atoms with Crippen LogP contribution >= 0.6 is 0 Å². The van der Waals surface area contributed by atoms with Crippen LogP contribution in [0.15, 0.2) is 50.3 Å². The van der Waals surface area contributed by atoms with Crippen LogP contribution in [0.5, 0.6) is 0 Å². The zero-order valence-corrected chi connectivity index (χ0v) is 16.8. The molecule has 0 saturated heterocycles. The van der Waals surface area contributed by atoms with Crippen molar-refractivity contribution >= 4 is 11.7 Å². The molecule has 0 bridgehead atoms. The van der Waals surface area contributed by atoms with Gasteiger partial charge < -0.3 is 14.3 Å². The van der Waals surface area contributed by atoms with Crippen molar-refractivity contribution in [2.75, 3.05) is 5.32 Å². The maximum atomic E-state index is 12.8. The number of H-pyrrole nitrogens is 1. The van der Waals surface area contributed by atoms with Crippen LogP contribution in [0.3, 0.4) is 0 Å². The summed E-state index contributed by atoms with van der Waals surface area (Å²) in [7, 11) is 0. The minimum atomic E-state index is -0.449. The fourth-order valence-corrected chi connectivity index (χ4v) is 3.29. The lowest BCUT2D eigenvalue weighted by atomic mass is 10.2. The molecule has 0 radical (unpaired) electrons. The molecule has 4 heterocycles. The Morgan fingerprint density at radius 3 is 2.94 bits per heavy atom. The Bertz CT molecular complexity index is 1280. The number of aromatic nitrogens is 5. The molecule has 1 amide bonds. The number of hydrogen-bond donors (Lipinski definition) is 2. The highest BCUT2D eigenvalue weighted by Gasteiger charge is 2.29. The topological polar surface area (TPSA) is 132 Å². The number of rotatable bonds is 7. The normalized spacial score (nSPS) is 13.5. The first-order chi connectivity index (χ1) is 15.1. The molecule has 0 atom stereocenters. The van der Waals surface area contributed by atoms with E-state index in [0.29, 0.717) is 41.1 Å². The third-order valence-electron chi connectivity index (χ3n) is 4.95. The van der Waals surface area contributed by atoms with Crippen LogP contribution in [0.1, 0.15) is 54.0 Å². The lowest BCUT2D eigenvalue weighted by Gasteiger charge is -2.08. The highest BCUT2D eigenvalue weighted by atomic mass is 16.5. The van der Waals surface area contributed by atoms with Gasteiger partial charge in [0.25, 0.3) is 11.5 Å². The largest absolute Gasteiger partial charge is 0.463 e. The molecule has 4 aromatic heterocycles. The van der Waals surface area contributed by atoms with E-state index in [2.05, 4.69) is 25.5 Å². The van der Waals surface area contributed by atoms with Gasteiger partial charge in [-0.1, -0.05) is 18.5 Å². The molecular weight excluding hydrogens is 400 g/mol. The molecule has 0 unspecified atom stereocenters. The van der Waals surface area contributed by atoms with Crippen molar-refractivity contribution in [3.8, 4) is 17.4 Å². The lowest BCUT2D eigenvalue weighted by Crippen LogP contribution is -2.19. The van der Waals surface area contributed by atoms with Crippen molar-refractivity contribution in [3.05, 3.63) is 64.1 Å². The molecule has 31 heavy (non-hydrogen) atoms. The summed E-state index contributed by atoms with van der Waals surface area (Å²) in [5.41, 5.74) is 0.989. The van der Waals surface area contributed by atoms with Gasteiger partial charge in [-0.3, -0.25) is 14.6 Å². The molecule has 1 saturated carbocycles. The molecule has 10 heteroatoms. The second-order valence-electron chi connectivity index (χ2n) is 7.46. The molecule has 158 valence electrons. The van der Waals surface area contributed by atoms with Gasteiger partial charge in [-0.15, -0.1) is 0 Å². The number of carbonyl (C=O) groups is 1. The average Bonchev–Trinajstić information content (AvgIpc) is 3.14. The van der Waals surface area contributed by atoms with Gasteiger partial charge in [0.05, 0.1) is 6.26 Å². The summed E-state index contributed by atoms with van der Waals surface area (Å²) in [6.45, 7) is 2.00. The van der Waals surface area contributed by atoms with E-state index >= 15 is 0 Å². The van der Waals surface area contributed by atoms with Crippen molar-refractivity contribution in [2.24, 2.45) is 0 Å². The first-order valence-corrected chi connectivity index (χ1v) is 10.1. The molecule has 0 aliphatic heterocycles. The van der Waals surface area contributed by atoms with Crippen LogP contribution in [0.4, 0.5) is 5.82 Å². The Morgan fingerprint density at radius 1 is 1.32 bits per heavy atom. The predicted octanol–water partition coefficient (Wildman–Crippen LogP) is 3.29. The Kier molecular flexibility index (Phi) is 4.73. The van der Waals surface area contributed by atoms with E-state index in [1.807, 2.05) is 6.92 Å². The Hall–Kier alpha value is -3.95. The van der Waals surface area contributed by atoms with Crippen molar-refractivity contribution in [3.63, 3.8) is 0 Å². The van der Waals surface area contributed by atoms with Gasteiger partial charge in [0.2, 0.25) is 5.95 Å². The number of nitrogens with zero attached hydrogens (tertiary/aromatic N) is 4. The first kappa shape index (κ1) is 19.0. The molecule has 1 aliphatic carbocycles. The summed E-state index contributed by atoms with van der Waals surface area (Å²) >= 11 is 0. The minimum Gasteiger partial charge on any atom is -0.463 e.